The van der Waals surface area contributed by atoms with E-state index in [0.717, 1.165) is 22.3 Å². The maximum absolute atomic E-state index is 12.9. The van der Waals surface area contributed by atoms with Gasteiger partial charge in [-0.05, 0) is 66.8 Å². The number of hydrogen-bond donors (Lipinski definition) is 2. The fourth-order valence-electron chi connectivity index (χ4n) is 5.19. The summed E-state index contributed by atoms with van der Waals surface area (Å²) in [6.07, 6.45) is -0.182. The summed E-state index contributed by atoms with van der Waals surface area (Å²) in [5.41, 5.74) is 4.75. The lowest BCUT2D eigenvalue weighted by atomic mass is 9.98. The standard InChI is InChI=1S/C32H29N3O6/c1-32(2,3)41-31(39)35-17-20(25-14-19(16-33)12-13-28(25)35)15-27(29(36)37)34-30(38)40-18-26-23-10-6-4-8-21(23)22-9-5-7-11-24(22)26/h4-14,17,26-27H,15,18H2,1-3H3,(H,34,38)(H,36,37)/t27-/m0/s1. The first kappa shape index (κ1) is 27.5. The van der Waals surface area contributed by atoms with Gasteiger partial charge in [0.25, 0.3) is 0 Å². The van der Waals surface area contributed by atoms with E-state index in [2.05, 4.69) is 11.4 Å². The van der Waals surface area contributed by atoms with Crippen LogP contribution < -0.4 is 5.32 Å². The largest absolute Gasteiger partial charge is 0.480 e. The highest BCUT2D eigenvalue weighted by Gasteiger charge is 2.30. The molecular weight excluding hydrogens is 522 g/mol. The molecule has 9 heteroatoms. The van der Waals surface area contributed by atoms with E-state index in [-0.39, 0.29) is 18.9 Å². The van der Waals surface area contributed by atoms with Crippen molar-refractivity contribution in [3.05, 3.63) is 95.2 Å². The number of carboxylic acid groups (broad SMARTS) is 1. The minimum Gasteiger partial charge on any atom is -0.480 e. The molecule has 1 heterocycles. The number of ether oxygens (including phenoxy) is 2. The molecule has 5 rings (SSSR count). The number of rotatable bonds is 6. The van der Waals surface area contributed by atoms with E-state index in [1.165, 1.54) is 10.8 Å². The number of benzene rings is 3. The Morgan fingerprint density at radius 1 is 1.02 bits per heavy atom. The molecule has 1 atom stereocenters. The van der Waals surface area contributed by atoms with E-state index in [4.69, 9.17) is 9.47 Å². The molecule has 1 amide bonds. The highest BCUT2D eigenvalue weighted by molar-refractivity contribution is 5.93. The predicted octanol–water partition coefficient (Wildman–Crippen LogP) is 5.83. The third kappa shape index (κ3) is 5.63. The van der Waals surface area contributed by atoms with Crippen LogP contribution in [0.25, 0.3) is 22.0 Å². The maximum Gasteiger partial charge on any atom is 0.419 e. The molecule has 0 aliphatic heterocycles. The van der Waals surface area contributed by atoms with Crippen molar-refractivity contribution < 1.29 is 29.0 Å². The van der Waals surface area contributed by atoms with Gasteiger partial charge in [0.05, 0.1) is 17.1 Å². The number of alkyl carbamates (subject to hydrolysis) is 1. The van der Waals surface area contributed by atoms with Crippen LogP contribution in [0.3, 0.4) is 0 Å². The van der Waals surface area contributed by atoms with Crippen molar-refractivity contribution in [2.24, 2.45) is 0 Å². The van der Waals surface area contributed by atoms with Crippen molar-refractivity contribution >= 4 is 29.1 Å². The Kier molecular flexibility index (Phi) is 7.24. The summed E-state index contributed by atoms with van der Waals surface area (Å²) in [5.74, 6) is -1.44. The highest BCUT2D eigenvalue weighted by atomic mass is 16.6. The number of nitrogens with one attached hydrogen (secondary N) is 1. The average molecular weight is 552 g/mol. The van der Waals surface area contributed by atoms with Gasteiger partial charge in [0.15, 0.2) is 0 Å². The summed E-state index contributed by atoms with van der Waals surface area (Å²) in [7, 11) is 0. The van der Waals surface area contributed by atoms with Crippen LogP contribution in [0, 0.1) is 11.3 Å². The van der Waals surface area contributed by atoms with Crippen LogP contribution in [0.15, 0.2) is 72.9 Å². The third-order valence-corrected chi connectivity index (χ3v) is 6.96. The molecule has 0 bridgehead atoms. The first-order chi connectivity index (χ1) is 19.6. The van der Waals surface area contributed by atoms with Gasteiger partial charge in [-0.2, -0.15) is 5.26 Å². The Labute approximate surface area is 236 Å². The Morgan fingerprint density at radius 3 is 2.24 bits per heavy atom. The molecule has 2 N–H and O–H groups in total. The molecule has 9 nitrogen and oxygen atoms in total. The fraction of sp³-hybridized carbons (Fsp3) is 0.250. The van der Waals surface area contributed by atoms with Crippen LogP contribution >= 0.6 is 0 Å². The van der Waals surface area contributed by atoms with Gasteiger partial charge in [-0.3, -0.25) is 4.57 Å². The SMILES string of the molecule is CC(C)(C)OC(=O)n1cc(C[C@H](NC(=O)OCC2c3ccccc3-c3ccccc32)C(=O)O)c2cc(C#N)ccc21. The molecule has 0 unspecified atom stereocenters. The number of carbonyl (C=O) groups excluding carboxylic acids is 2. The molecule has 41 heavy (non-hydrogen) atoms. The second-order valence-corrected chi connectivity index (χ2v) is 10.9. The molecule has 0 radical (unpaired) electrons. The van der Waals surface area contributed by atoms with Gasteiger partial charge in [-0.25, -0.2) is 14.4 Å². The van der Waals surface area contributed by atoms with E-state index < -0.39 is 29.8 Å². The summed E-state index contributed by atoms with van der Waals surface area (Å²) in [6, 6.07) is 21.3. The van der Waals surface area contributed by atoms with Crippen molar-refractivity contribution in [2.75, 3.05) is 6.61 Å². The van der Waals surface area contributed by atoms with Crippen molar-refractivity contribution in [1.82, 2.24) is 9.88 Å². The zero-order chi connectivity index (χ0) is 29.3. The van der Waals surface area contributed by atoms with Crippen molar-refractivity contribution in [1.29, 1.82) is 5.26 Å². The minimum atomic E-state index is -1.35. The van der Waals surface area contributed by atoms with Gasteiger partial charge in [-0.15, -0.1) is 0 Å². The second-order valence-electron chi connectivity index (χ2n) is 10.9. The molecule has 208 valence electrons. The maximum atomic E-state index is 12.9. The van der Waals surface area contributed by atoms with Gasteiger partial charge >= 0.3 is 18.2 Å². The smallest absolute Gasteiger partial charge is 0.419 e. The quantitative estimate of drug-likeness (QED) is 0.308. The van der Waals surface area contributed by atoms with E-state index in [9.17, 15) is 24.8 Å². The van der Waals surface area contributed by atoms with Crippen LogP contribution in [0.5, 0.6) is 0 Å². The number of nitrogens with zero attached hydrogens (tertiary/aromatic N) is 2. The molecule has 3 aromatic carbocycles. The highest BCUT2D eigenvalue weighted by Crippen LogP contribution is 2.44. The number of carbonyl (C=O) groups is 3. The summed E-state index contributed by atoms with van der Waals surface area (Å²) < 4.78 is 12.3. The fourth-order valence-corrected chi connectivity index (χ4v) is 5.19. The van der Waals surface area contributed by atoms with Gasteiger partial charge in [0.2, 0.25) is 0 Å². The number of fused-ring (bicyclic) bond motifs is 4. The Balaban J connectivity index is 1.35. The molecule has 1 aliphatic rings. The zero-order valence-electron chi connectivity index (χ0n) is 22.9. The molecular formula is C32H29N3O6. The van der Waals surface area contributed by atoms with Crippen LogP contribution in [0.4, 0.5) is 9.59 Å². The molecule has 0 saturated heterocycles. The number of nitriles is 1. The number of hydrogen-bond acceptors (Lipinski definition) is 6. The summed E-state index contributed by atoms with van der Waals surface area (Å²) in [6.45, 7) is 5.26. The minimum absolute atomic E-state index is 0.0374. The molecule has 1 aliphatic carbocycles. The lowest BCUT2D eigenvalue weighted by Crippen LogP contribution is -2.42. The summed E-state index contributed by atoms with van der Waals surface area (Å²) >= 11 is 0. The van der Waals surface area contributed by atoms with Crippen molar-refractivity contribution in [3.63, 3.8) is 0 Å². The van der Waals surface area contributed by atoms with Gasteiger partial charge in [-0.1, -0.05) is 48.5 Å². The monoisotopic (exact) mass is 551 g/mol. The van der Waals surface area contributed by atoms with E-state index in [1.807, 2.05) is 48.5 Å². The second kappa shape index (κ2) is 10.8. The summed E-state index contributed by atoms with van der Waals surface area (Å²) in [4.78, 5) is 37.9. The molecule has 0 saturated carbocycles. The van der Waals surface area contributed by atoms with Gasteiger partial charge in [0.1, 0.15) is 18.2 Å². The Morgan fingerprint density at radius 2 is 1.66 bits per heavy atom. The normalized spacial score (nSPS) is 13.1. The zero-order valence-corrected chi connectivity index (χ0v) is 22.9. The van der Waals surface area contributed by atoms with E-state index in [0.29, 0.717) is 22.0 Å². The molecule has 4 aromatic rings. The van der Waals surface area contributed by atoms with Gasteiger partial charge < -0.3 is 19.9 Å². The van der Waals surface area contributed by atoms with Crippen molar-refractivity contribution in [3.8, 4) is 17.2 Å². The number of carboxylic acids is 1. The number of amides is 1. The van der Waals surface area contributed by atoms with E-state index >= 15 is 0 Å². The Bertz CT molecular complexity index is 1660. The Hall–Kier alpha value is -5.10. The van der Waals surface area contributed by atoms with Crippen molar-refractivity contribution in [2.45, 2.75) is 44.8 Å². The first-order valence-corrected chi connectivity index (χ1v) is 13.2. The lowest BCUT2D eigenvalue weighted by molar-refractivity contribution is -0.139. The molecule has 1 aromatic heterocycles. The first-order valence-electron chi connectivity index (χ1n) is 13.2. The molecule has 0 spiro atoms. The molecule has 0 fully saturated rings. The van der Waals surface area contributed by atoms with Crippen LogP contribution in [-0.2, 0) is 20.7 Å². The van der Waals surface area contributed by atoms with Crippen LogP contribution in [0.1, 0.15) is 48.9 Å². The van der Waals surface area contributed by atoms with E-state index in [1.54, 1.807) is 39.0 Å². The third-order valence-electron chi connectivity index (χ3n) is 6.96. The summed E-state index contributed by atoms with van der Waals surface area (Å²) in [5, 5.41) is 22.3. The van der Waals surface area contributed by atoms with Gasteiger partial charge in [0, 0.05) is 23.9 Å². The van der Waals surface area contributed by atoms with Crippen LogP contribution in [0.2, 0.25) is 0 Å². The van der Waals surface area contributed by atoms with Crippen LogP contribution in [-0.4, -0.2) is 46.1 Å². The lowest BCUT2D eigenvalue weighted by Gasteiger charge is -2.19. The number of aromatic nitrogens is 1. The number of aliphatic carboxylic acids is 1. The average Bonchev–Trinajstić information content (AvgIpc) is 3.46. The predicted molar refractivity (Wildman–Crippen MR) is 152 cm³/mol. The topological polar surface area (TPSA) is 131 Å².